The normalized spacial score (nSPS) is 17.2. The standard InChI is InChI=1S/C12H18N2OS/c1-9-3-6-16-10(9)7-14(2)11(15)12(8-13)4-5-12/h3,6H,4-5,7-8,13H2,1-2H3. The van der Waals surface area contributed by atoms with Crippen LogP contribution >= 0.6 is 11.3 Å². The SMILES string of the molecule is Cc1ccsc1CN(C)C(=O)C1(CN)CC1. The highest BCUT2D eigenvalue weighted by molar-refractivity contribution is 7.10. The Morgan fingerprint density at radius 1 is 1.62 bits per heavy atom. The molecule has 0 aliphatic heterocycles. The molecule has 0 spiro atoms. The van der Waals surface area contributed by atoms with Crippen LogP contribution < -0.4 is 5.73 Å². The van der Waals surface area contributed by atoms with Gasteiger partial charge in [-0.05, 0) is 36.8 Å². The maximum atomic E-state index is 12.1. The van der Waals surface area contributed by atoms with E-state index in [0.29, 0.717) is 13.1 Å². The van der Waals surface area contributed by atoms with Gasteiger partial charge in [-0.2, -0.15) is 0 Å². The number of thiophene rings is 1. The van der Waals surface area contributed by atoms with Crippen LogP contribution in [-0.2, 0) is 11.3 Å². The molecule has 88 valence electrons. The van der Waals surface area contributed by atoms with Gasteiger partial charge in [0.15, 0.2) is 0 Å². The summed E-state index contributed by atoms with van der Waals surface area (Å²) in [5, 5.41) is 2.07. The highest BCUT2D eigenvalue weighted by atomic mass is 32.1. The van der Waals surface area contributed by atoms with Gasteiger partial charge in [-0.15, -0.1) is 11.3 Å². The van der Waals surface area contributed by atoms with Crippen LogP contribution in [0.4, 0.5) is 0 Å². The number of amides is 1. The highest BCUT2D eigenvalue weighted by Gasteiger charge is 2.49. The average molecular weight is 238 g/mol. The van der Waals surface area contributed by atoms with Gasteiger partial charge in [0, 0.05) is 18.5 Å². The van der Waals surface area contributed by atoms with Crippen molar-refractivity contribution in [3.05, 3.63) is 21.9 Å². The molecule has 0 atom stereocenters. The van der Waals surface area contributed by atoms with E-state index < -0.39 is 0 Å². The molecule has 1 amide bonds. The summed E-state index contributed by atoms with van der Waals surface area (Å²) >= 11 is 1.71. The van der Waals surface area contributed by atoms with Crippen LogP contribution in [0.3, 0.4) is 0 Å². The summed E-state index contributed by atoms with van der Waals surface area (Å²) < 4.78 is 0. The van der Waals surface area contributed by atoms with E-state index in [1.165, 1.54) is 10.4 Å². The minimum absolute atomic E-state index is 0.211. The number of aryl methyl sites for hydroxylation is 1. The fraction of sp³-hybridized carbons (Fsp3) is 0.583. The van der Waals surface area contributed by atoms with Crippen LogP contribution in [0.2, 0.25) is 0 Å². The highest BCUT2D eigenvalue weighted by Crippen LogP contribution is 2.46. The Kier molecular flexibility index (Phi) is 3.04. The molecule has 0 saturated heterocycles. The Morgan fingerprint density at radius 2 is 2.31 bits per heavy atom. The lowest BCUT2D eigenvalue weighted by Crippen LogP contribution is -2.37. The van der Waals surface area contributed by atoms with Crippen LogP contribution in [0, 0.1) is 12.3 Å². The van der Waals surface area contributed by atoms with Gasteiger partial charge in [0.1, 0.15) is 0 Å². The Bertz CT molecular complexity index is 395. The lowest BCUT2D eigenvalue weighted by Gasteiger charge is -2.22. The predicted molar refractivity (Wildman–Crippen MR) is 66.3 cm³/mol. The van der Waals surface area contributed by atoms with Crippen LogP contribution in [0.25, 0.3) is 0 Å². The number of hydrogen-bond donors (Lipinski definition) is 1. The van der Waals surface area contributed by atoms with Crippen molar-refractivity contribution in [1.82, 2.24) is 4.90 Å². The zero-order valence-electron chi connectivity index (χ0n) is 9.82. The summed E-state index contributed by atoms with van der Waals surface area (Å²) in [7, 11) is 1.87. The van der Waals surface area contributed by atoms with E-state index in [1.807, 2.05) is 11.9 Å². The Balaban J connectivity index is 2.01. The first-order valence-corrected chi connectivity index (χ1v) is 6.46. The van der Waals surface area contributed by atoms with Gasteiger partial charge in [-0.1, -0.05) is 0 Å². The van der Waals surface area contributed by atoms with Crippen molar-refractivity contribution in [2.75, 3.05) is 13.6 Å². The van der Waals surface area contributed by atoms with Crippen molar-refractivity contribution in [2.24, 2.45) is 11.1 Å². The quantitative estimate of drug-likeness (QED) is 0.868. The molecule has 2 N–H and O–H groups in total. The molecule has 0 radical (unpaired) electrons. The number of nitrogens with zero attached hydrogens (tertiary/aromatic N) is 1. The molecule has 0 aromatic carbocycles. The molecule has 1 aromatic rings. The van der Waals surface area contributed by atoms with E-state index in [-0.39, 0.29) is 11.3 Å². The van der Waals surface area contributed by atoms with Crippen molar-refractivity contribution in [3.8, 4) is 0 Å². The van der Waals surface area contributed by atoms with Gasteiger partial charge in [-0.25, -0.2) is 0 Å². The van der Waals surface area contributed by atoms with E-state index in [1.54, 1.807) is 11.3 Å². The van der Waals surface area contributed by atoms with E-state index in [2.05, 4.69) is 18.4 Å². The lowest BCUT2D eigenvalue weighted by molar-refractivity contribution is -0.135. The summed E-state index contributed by atoms with van der Waals surface area (Å²) in [6.45, 7) is 3.28. The fourth-order valence-corrected chi connectivity index (χ4v) is 2.87. The lowest BCUT2D eigenvalue weighted by atomic mass is 10.1. The van der Waals surface area contributed by atoms with Crippen molar-refractivity contribution in [2.45, 2.75) is 26.3 Å². The van der Waals surface area contributed by atoms with E-state index in [9.17, 15) is 4.79 Å². The molecule has 1 fully saturated rings. The van der Waals surface area contributed by atoms with Gasteiger partial charge in [0.2, 0.25) is 5.91 Å². The monoisotopic (exact) mass is 238 g/mol. The fourth-order valence-electron chi connectivity index (χ4n) is 1.91. The first kappa shape index (κ1) is 11.6. The summed E-state index contributed by atoms with van der Waals surface area (Å²) in [6.07, 6.45) is 1.91. The van der Waals surface area contributed by atoms with Crippen LogP contribution in [-0.4, -0.2) is 24.4 Å². The number of carbonyl (C=O) groups excluding carboxylic acids is 1. The topological polar surface area (TPSA) is 46.3 Å². The van der Waals surface area contributed by atoms with E-state index >= 15 is 0 Å². The van der Waals surface area contributed by atoms with E-state index in [0.717, 1.165) is 12.8 Å². The third-order valence-corrected chi connectivity index (χ3v) is 4.40. The Morgan fingerprint density at radius 3 is 2.75 bits per heavy atom. The van der Waals surface area contributed by atoms with Crippen molar-refractivity contribution < 1.29 is 4.79 Å². The van der Waals surface area contributed by atoms with Crippen molar-refractivity contribution in [1.29, 1.82) is 0 Å². The zero-order chi connectivity index (χ0) is 11.8. The molecule has 16 heavy (non-hydrogen) atoms. The minimum Gasteiger partial charge on any atom is -0.340 e. The van der Waals surface area contributed by atoms with E-state index in [4.69, 9.17) is 5.73 Å². The third kappa shape index (κ3) is 1.99. The summed E-state index contributed by atoms with van der Waals surface area (Å²) in [6, 6.07) is 2.09. The maximum Gasteiger partial charge on any atom is 0.230 e. The smallest absolute Gasteiger partial charge is 0.230 e. The molecule has 1 aromatic heterocycles. The van der Waals surface area contributed by atoms with Gasteiger partial charge in [-0.3, -0.25) is 4.79 Å². The molecule has 2 rings (SSSR count). The minimum atomic E-state index is -0.222. The van der Waals surface area contributed by atoms with Crippen LogP contribution in [0.5, 0.6) is 0 Å². The number of carbonyl (C=O) groups is 1. The van der Waals surface area contributed by atoms with Crippen LogP contribution in [0.15, 0.2) is 11.4 Å². The molecule has 1 heterocycles. The summed E-state index contributed by atoms with van der Waals surface area (Å²) in [5.41, 5.74) is 6.71. The second-order valence-corrected chi connectivity index (χ2v) is 5.67. The molecule has 1 saturated carbocycles. The molecular formula is C12H18N2OS. The van der Waals surface area contributed by atoms with Crippen molar-refractivity contribution >= 4 is 17.2 Å². The molecular weight excluding hydrogens is 220 g/mol. The predicted octanol–water partition coefficient (Wildman–Crippen LogP) is 1.75. The second kappa shape index (κ2) is 4.18. The summed E-state index contributed by atoms with van der Waals surface area (Å²) in [5.74, 6) is 0.211. The first-order chi connectivity index (χ1) is 7.59. The zero-order valence-corrected chi connectivity index (χ0v) is 10.6. The summed E-state index contributed by atoms with van der Waals surface area (Å²) in [4.78, 5) is 15.2. The largest absolute Gasteiger partial charge is 0.340 e. The Labute approximate surface area is 100 Å². The molecule has 0 unspecified atom stereocenters. The molecule has 1 aliphatic rings. The van der Waals surface area contributed by atoms with Gasteiger partial charge in [0.05, 0.1) is 12.0 Å². The molecule has 4 heteroatoms. The average Bonchev–Trinajstić information content (AvgIpc) is 2.99. The first-order valence-electron chi connectivity index (χ1n) is 5.58. The van der Waals surface area contributed by atoms with Crippen molar-refractivity contribution in [3.63, 3.8) is 0 Å². The number of nitrogens with two attached hydrogens (primary N) is 1. The molecule has 3 nitrogen and oxygen atoms in total. The molecule has 1 aliphatic carbocycles. The second-order valence-electron chi connectivity index (χ2n) is 4.67. The molecule has 0 bridgehead atoms. The Hall–Kier alpha value is -0.870. The third-order valence-electron chi connectivity index (χ3n) is 3.39. The van der Waals surface area contributed by atoms with Crippen LogP contribution in [0.1, 0.15) is 23.3 Å². The van der Waals surface area contributed by atoms with Gasteiger partial charge < -0.3 is 10.6 Å². The number of rotatable bonds is 4. The van der Waals surface area contributed by atoms with Gasteiger partial charge >= 0.3 is 0 Å². The number of hydrogen-bond acceptors (Lipinski definition) is 3. The van der Waals surface area contributed by atoms with Gasteiger partial charge in [0.25, 0.3) is 0 Å². The maximum absolute atomic E-state index is 12.1.